The Bertz CT molecular complexity index is 848. The molecule has 0 aliphatic carbocycles. The van der Waals surface area contributed by atoms with Crippen molar-refractivity contribution < 1.29 is 4.79 Å². The molecule has 108 valence electrons. The second-order valence-electron chi connectivity index (χ2n) is 4.55. The molecule has 0 aliphatic heterocycles. The fourth-order valence-electron chi connectivity index (χ4n) is 2.03. The number of hydrogen-bond donors (Lipinski definition) is 0. The number of aryl methyl sites for hydroxylation is 3. The van der Waals surface area contributed by atoms with Crippen LogP contribution in [0.4, 0.5) is 0 Å². The zero-order chi connectivity index (χ0) is 14.8. The van der Waals surface area contributed by atoms with E-state index in [4.69, 9.17) is 0 Å². The Morgan fingerprint density at radius 1 is 1.38 bits per heavy atom. The zero-order valence-electron chi connectivity index (χ0n) is 11.4. The van der Waals surface area contributed by atoms with Crippen molar-refractivity contribution in [1.29, 1.82) is 0 Å². The molecule has 0 saturated carbocycles. The summed E-state index contributed by atoms with van der Waals surface area (Å²) in [6.07, 6.45) is 4.64. The van der Waals surface area contributed by atoms with E-state index < -0.39 is 0 Å². The molecule has 0 amide bonds. The van der Waals surface area contributed by atoms with Gasteiger partial charge in [-0.05, 0) is 12.5 Å². The van der Waals surface area contributed by atoms with Gasteiger partial charge in [-0.3, -0.25) is 18.8 Å². The summed E-state index contributed by atoms with van der Waals surface area (Å²) < 4.78 is 3.09. The predicted molar refractivity (Wildman–Crippen MR) is 78.7 cm³/mol. The molecule has 0 fully saturated rings. The average Bonchev–Trinajstić information content (AvgIpc) is 3.13. The van der Waals surface area contributed by atoms with E-state index in [0.29, 0.717) is 24.8 Å². The summed E-state index contributed by atoms with van der Waals surface area (Å²) >= 11 is 1.55. The molecule has 3 aromatic rings. The molecule has 0 saturated heterocycles. The molecular formula is C13H13N5O2S. The van der Waals surface area contributed by atoms with Crippen molar-refractivity contribution in [2.45, 2.75) is 26.4 Å². The van der Waals surface area contributed by atoms with Gasteiger partial charge in [-0.1, -0.05) is 12.1 Å². The van der Waals surface area contributed by atoms with E-state index >= 15 is 0 Å². The van der Waals surface area contributed by atoms with E-state index in [9.17, 15) is 9.59 Å². The van der Waals surface area contributed by atoms with Crippen LogP contribution in [0.5, 0.6) is 0 Å². The SMILES string of the molecule is CCc1cc2c(=O)n(CCn3cc(C=O)nn3)cnc2s1. The van der Waals surface area contributed by atoms with Crippen LogP contribution in [-0.2, 0) is 19.5 Å². The van der Waals surface area contributed by atoms with Crippen LogP contribution in [0.15, 0.2) is 23.4 Å². The minimum Gasteiger partial charge on any atom is -0.297 e. The van der Waals surface area contributed by atoms with Crippen molar-refractivity contribution in [3.8, 4) is 0 Å². The first kappa shape index (κ1) is 13.6. The van der Waals surface area contributed by atoms with Gasteiger partial charge in [-0.2, -0.15) is 0 Å². The number of hydrogen-bond acceptors (Lipinski definition) is 6. The minimum absolute atomic E-state index is 0.0494. The lowest BCUT2D eigenvalue weighted by atomic mass is 10.3. The largest absolute Gasteiger partial charge is 0.297 e. The Morgan fingerprint density at radius 2 is 2.24 bits per heavy atom. The summed E-state index contributed by atoms with van der Waals surface area (Å²) in [5.74, 6) is 0. The number of nitrogens with zero attached hydrogens (tertiary/aromatic N) is 5. The monoisotopic (exact) mass is 303 g/mol. The van der Waals surface area contributed by atoms with Crippen molar-refractivity contribution in [2.75, 3.05) is 0 Å². The van der Waals surface area contributed by atoms with Gasteiger partial charge in [0, 0.05) is 11.4 Å². The number of aromatic nitrogens is 5. The first-order valence-electron chi connectivity index (χ1n) is 6.54. The summed E-state index contributed by atoms with van der Waals surface area (Å²) in [5.41, 5.74) is 0.230. The van der Waals surface area contributed by atoms with E-state index in [0.717, 1.165) is 16.1 Å². The second-order valence-corrected chi connectivity index (χ2v) is 5.67. The lowest BCUT2D eigenvalue weighted by Crippen LogP contribution is -2.22. The summed E-state index contributed by atoms with van der Waals surface area (Å²) in [6.45, 7) is 2.94. The molecular weight excluding hydrogens is 290 g/mol. The van der Waals surface area contributed by atoms with Crippen LogP contribution in [-0.4, -0.2) is 30.8 Å². The van der Waals surface area contributed by atoms with Gasteiger partial charge in [0.25, 0.3) is 5.56 Å². The average molecular weight is 303 g/mol. The van der Waals surface area contributed by atoms with Gasteiger partial charge in [0.15, 0.2) is 6.29 Å². The summed E-state index contributed by atoms with van der Waals surface area (Å²) in [7, 11) is 0. The molecule has 0 unspecified atom stereocenters. The third kappa shape index (κ3) is 2.62. The van der Waals surface area contributed by atoms with Crippen molar-refractivity contribution in [2.24, 2.45) is 0 Å². The number of carbonyl (C=O) groups is 1. The Hall–Kier alpha value is -2.35. The van der Waals surface area contributed by atoms with Gasteiger partial charge < -0.3 is 0 Å². The van der Waals surface area contributed by atoms with Crippen LogP contribution in [0.2, 0.25) is 0 Å². The van der Waals surface area contributed by atoms with Crippen molar-refractivity contribution in [1.82, 2.24) is 24.5 Å². The molecule has 8 heteroatoms. The maximum Gasteiger partial charge on any atom is 0.262 e. The molecule has 21 heavy (non-hydrogen) atoms. The number of fused-ring (bicyclic) bond motifs is 1. The number of aldehydes is 1. The van der Waals surface area contributed by atoms with E-state index in [-0.39, 0.29) is 11.3 Å². The Kier molecular flexibility index (Phi) is 3.61. The summed E-state index contributed by atoms with van der Waals surface area (Å²) in [6, 6.07) is 1.91. The number of rotatable bonds is 5. The quantitative estimate of drug-likeness (QED) is 0.660. The van der Waals surface area contributed by atoms with Crippen LogP contribution in [0.1, 0.15) is 22.3 Å². The molecule has 0 atom stereocenters. The lowest BCUT2D eigenvalue weighted by molar-refractivity contribution is 0.111. The van der Waals surface area contributed by atoms with Gasteiger partial charge in [-0.15, -0.1) is 16.4 Å². The van der Waals surface area contributed by atoms with Crippen molar-refractivity contribution in [3.05, 3.63) is 39.5 Å². The fraction of sp³-hybridized carbons (Fsp3) is 0.308. The van der Waals surface area contributed by atoms with Gasteiger partial charge >= 0.3 is 0 Å². The van der Waals surface area contributed by atoms with Gasteiger partial charge in [0.05, 0.1) is 24.5 Å². The van der Waals surface area contributed by atoms with E-state index in [1.165, 1.54) is 4.68 Å². The highest BCUT2D eigenvalue weighted by Crippen LogP contribution is 2.20. The van der Waals surface area contributed by atoms with Gasteiger partial charge in [0.1, 0.15) is 10.5 Å². The molecule has 3 rings (SSSR count). The van der Waals surface area contributed by atoms with Crippen LogP contribution in [0.25, 0.3) is 10.2 Å². The van der Waals surface area contributed by atoms with Crippen LogP contribution in [0, 0.1) is 0 Å². The maximum absolute atomic E-state index is 12.4. The lowest BCUT2D eigenvalue weighted by Gasteiger charge is -2.04. The smallest absolute Gasteiger partial charge is 0.262 e. The third-order valence-corrected chi connectivity index (χ3v) is 4.35. The van der Waals surface area contributed by atoms with Crippen LogP contribution < -0.4 is 5.56 Å². The molecule has 7 nitrogen and oxygen atoms in total. The molecule has 0 aromatic carbocycles. The minimum atomic E-state index is -0.0494. The molecule has 3 heterocycles. The van der Waals surface area contributed by atoms with Gasteiger partial charge in [-0.25, -0.2) is 4.98 Å². The van der Waals surface area contributed by atoms with Gasteiger partial charge in [0.2, 0.25) is 0 Å². The van der Waals surface area contributed by atoms with E-state index in [2.05, 4.69) is 22.2 Å². The maximum atomic E-state index is 12.4. The molecule has 0 radical (unpaired) electrons. The van der Waals surface area contributed by atoms with Crippen LogP contribution in [0.3, 0.4) is 0 Å². The normalized spacial score (nSPS) is 11.1. The fourth-order valence-corrected chi connectivity index (χ4v) is 2.96. The highest BCUT2D eigenvalue weighted by Gasteiger charge is 2.08. The molecule has 0 bridgehead atoms. The third-order valence-electron chi connectivity index (χ3n) is 3.16. The van der Waals surface area contributed by atoms with E-state index in [1.54, 1.807) is 28.4 Å². The topological polar surface area (TPSA) is 82.7 Å². The first-order valence-corrected chi connectivity index (χ1v) is 7.36. The Labute approximate surface area is 123 Å². The molecule has 0 spiro atoms. The molecule has 0 N–H and O–H groups in total. The van der Waals surface area contributed by atoms with Crippen molar-refractivity contribution >= 4 is 27.8 Å². The highest BCUT2D eigenvalue weighted by atomic mass is 32.1. The Morgan fingerprint density at radius 3 is 2.95 bits per heavy atom. The molecule has 0 aliphatic rings. The van der Waals surface area contributed by atoms with E-state index in [1.807, 2.05) is 6.07 Å². The highest BCUT2D eigenvalue weighted by molar-refractivity contribution is 7.18. The zero-order valence-corrected chi connectivity index (χ0v) is 12.2. The number of thiophene rings is 1. The molecule has 3 aromatic heterocycles. The van der Waals surface area contributed by atoms with Crippen molar-refractivity contribution in [3.63, 3.8) is 0 Å². The first-order chi connectivity index (χ1) is 10.2. The summed E-state index contributed by atoms with van der Waals surface area (Å²) in [5, 5.41) is 8.15. The Balaban J connectivity index is 1.85. The summed E-state index contributed by atoms with van der Waals surface area (Å²) in [4.78, 5) is 29.2. The second kappa shape index (κ2) is 5.57. The predicted octanol–water partition coefficient (Wildman–Crippen LogP) is 1.12. The number of carbonyl (C=O) groups excluding carboxylic acids is 1. The van der Waals surface area contributed by atoms with Crippen LogP contribution >= 0.6 is 11.3 Å². The standard InChI is InChI=1S/C13H13N5O2S/c1-2-10-5-11-12(21-10)14-8-17(13(11)20)3-4-18-6-9(7-19)15-16-18/h5-8H,2-4H2,1H3.